The number of aromatic nitrogens is 2. The third-order valence-corrected chi connectivity index (χ3v) is 5.10. The molecule has 0 saturated carbocycles. The summed E-state index contributed by atoms with van der Waals surface area (Å²) in [6.07, 6.45) is 0. The normalized spacial score (nSPS) is 11.2. The molecule has 8 heteroatoms. The standard InChI is InChI=1S/C16H10ClN3O3S/c17-13-5-7-14(8-6-13)24(21,22)10-15-19-16(23-20-15)12-3-1-11(9-18)2-4-12/h1-8H,10H2. The Morgan fingerprint density at radius 3 is 2.38 bits per heavy atom. The van der Waals surface area contributed by atoms with E-state index in [1.807, 2.05) is 6.07 Å². The number of nitriles is 1. The van der Waals surface area contributed by atoms with Gasteiger partial charge in [-0.2, -0.15) is 10.2 Å². The second-order valence-electron chi connectivity index (χ2n) is 4.92. The van der Waals surface area contributed by atoms with Crippen LogP contribution in [0.15, 0.2) is 57.9 Å². The van der Waals surface area contributed by atoms with Crippen molar-refractivity contribution in [2.75, 3.05) is 0 Å². The average molecular weight is 360 g/mol. The van der Waals surface area contributed by atoms with Crippen LogP contribution in [-0.2, 0) is 15.6 Å². The van der Waals surface area contributed by atoms with E-state index in [9.17, 15) is 8.42 Å². The van der Waals surface area contributed by atoms with E-state index < -0.39 is 9.84 Å². The summed E-state index contributed by atoms with van der Waals surface area (Å²) in [5, 5.41) is 12.9. The molecule has 0 amide bonds. The lowest BCUT2D eigenvalue weighted by Crippen LogP contribution is -2.06. The van der Waals surface area contributed by atoms with Crippen molar-refractivity contribution in [2.24, 2.45) is 0 Å². The second kappa shape index (κ2) is 6.43. The molecular weight excluding hydrogens is 350 g/mol. The Morgan fingerprint density at radius 2 is 1.75 bits per heavy atom. The first-order valence-corrected chi connectivity index (χ1v) is 8.82. The largest absolute Gasteiger partial charge is 0.334 e. The van der Waals surface area contributed by atoms with E-state index in [1.54, 1.807) is 24.3 Å². The van der Waals surface area contributed by atoms with Crippen LogP contribution < -0.4 is 0 Å². The van der Waals surface area contributed by atoms with Gasteiger partial charge >= 0.3 is 0 Å². The van der Waals surface area contributed by atoms with Crippen molar-refractivity contribution < 1.29 is 12.9 Å². The number of hydrogen-bond donors (Lipinski definition) is 0. The Hall–Kier alpha value is -2.69. The number of nitrogens with zero attached hydrogens (tertiary/aromatic N) is 3. The molecule has 120 valence electrons. The molecular formula is C16H10ClN3O3S. The summed E-state index contributed by atoms with van der Waals surface area (Å²) in [6.45, 7) is 0. The predicted molar refractivity (Wildman–Crippen MR) is 86.8 cm³/mol. The minimum atomic E-state index is -3.60. The van der Waals surface area contributed by atoms with Crippen LogP contribution in [0.2, 0.25) is 5.02 Å². The predicted octanol–water partition coefficient (Wildman–Crippen LogP) is 3.24. The quantitative estimate of drug-likeness (QED) is 0.709. The van der Waals surface area contributed by atoms with Crippen molar-refractivity contribution in [3.05, 3.63) is 64.9 Å². The van der Waals surface area contributed by atoms with Gasteiger partial charge < -0.3 is 4.52 Å². The summed E-state index contributed by atoms with van der Waals surface area (Å²) >= 11 is 5.76. The molecule has 3 rings (SSSR count). The van der Waals surface area contributed by atoms with Crippen molar-refractivity contribution >= 4 is 21.4 Å². The van der Waals surface area contributed by atoms with Crippen LogP contribution in [0.4, 0.5) is 0 Å². The highest BCUT2D eigenvalue weighted by Gasteiger charge is 2.19. The van der Waals surface area contributed by atoms with Gasteiger partial charge in [0, 0.05) is 10.6 Å². The highest BCUT2D eigenvalue weighted by molar-refractivity contribution is 7.90. The monoisotopic (exact) mass is 359 g/mol. The summed E-state index contributed by atoms with van der Waals surface area (Å²) in [6, 6.07) is 14.4. The van der Waals surface area contributed by atoms with Crippen molar-refractivity contribution in [3.63, 3.8) is 0 Å². The second-order valence-corrected chi connectivity index (χ2v) is 7.34. The van der Waals surface area contributed by atoms with E-state index in [0.29, 0.717) is 16.1 Å². The molecule has 0 bridgehead atoms. The van der Waals surface area contributed by atoms with E-state index in [2.05, 4.69) is 10.1 Å². The maximum atomic E-state index is 12.3. The van der Waals surface area contributed by atoms with Crippen LogP contribution in [0, 0.1) is 11.3 Å². The molecule has 0 atom stereocenters. The van der Waals surface area contributed by atoms with Crippen LogP contribution in [0.3, 0.4) is 0 Å². The first kappa shape index (κ1) is 16.2. The lowest BCUT2D eigenvalue weighted by Gasteiger charge is -2.01. The van der Waals surface area contributed by atoms with Crippen LogP contribution in [0.5, 0.6) is 0 Å². The minimum absolute atomic E-state index is 0.0595. The molecule has 0 aliphatic carbocycles. The van der Waals surface area contributed by atoms with Gasteiger partial charge in [-0.15, -0.1) is 0 Å². The smallest absolute Gasteiger partial charge is 0.257 e. The fourth-order valence-electron chi connectivity index (χ4n) is 2.01. The molecule has 0 aliphatic heterocycles. The molecule has 0 unspecified atom stereocenters. The van der Waals surface area contributed by atoms with Gasteiger partial charge in [0.2, 0.25) is 0 Å². The van der Waals surface area contributed by atoms with E-state index in [-0.39, 0.29) is 22.4 Å². The van der Waals surface area contributed by atoms with Crippen LogP contribution in [0.25, 0.3) is 11.5 Å². The summed E-state index contributed by atoms with van der Waals surface area (Å²) < 4.78 is 29.8. The number of sulfone groups is 1. The van der Waals surface area contributed by atoms with Gasteiger partial charge in [0.05, 0.1) is 16.5 Å². The van der Waals surface area contributed by atoms with Crippen molar-refractivity contribution in [2.45, 2.75) is 10.6 Å². The van der Waals surface area contributed by atoms with Gasteiger partial charge in [-0.05, 0) is 48.5 Å². The molecule has 1 heterocycles. The zero-order chi connectivity index (χ0) is 17.2. The molecule has 0 fully saturated rings. The van der Waals surface area contributed by atoms with E-state index >= 15 is 0 Å². The molecule has 3 aromatic rings. The fourth-order valence-corrected chi connectivity index (χ4v) is 3.31. The highest BCUT2D eigenvalue weighted by atomic mass is 35.5. The third-order valence-electron chi connectivity index (χ3n) is 3.22. The van der Waals surface area contributed by atoms with Gasteiger partial charge in [0.25, 0.3) is 5.89 Å². The molecule has 1 aromatic heterocycles. The topological polar surface area (TPSA) is 96.8 Å². The van der Waals surface area contributed by atoms with Crippen LogP contribution in [-0.4, -0.2) is 18.6 Å². The number of hydrogen-bond acceptors (Lipinski definition) is 6. The maximum Gasteiger partial charge on any atom is 0.257 e. The Kier molecular flexibility index (Phi) is 4.34. The van der Waals surface area contributed by atoms with Crippen LogP contribution >= 0.6 is 11.6 Å². The van der Waals surface area contributed by atoms with Gasteiger partial charge in [-0.3, -0.25) is 0 Å². The van der Waals surface area contributed by atoms with Crippen molar-refractivity contribution in [1.29, 1.82) is 5.26 Å². The maximum absolute atomic E-state index is 12.3. The Bertz CT molecular complexity index is 1000. The van der Waals surface area contributed by atoms with Crippen molar-refractivity contribution in [3.8, 4) is 17.5 Å². The zero-order valence-electron chi connectivity index (χ0n) is 12.2. The van der Waals surface area contributed by atoms with Gasteiger partial charge in [-0.25, -0.2) is 8.42 Å². The zero-order valence-corrected chi connectivity index (χ0v) is 13.8. The molecule has 2 aromatic carbocycles. The first-order valence-electron chi connectivity index (χ1n) is 6.79. The molecule has 24 heavy (non-hydrogen) atoms. The first-order chi connectivity index (χ1) is 11.5. The van der Waals surface area contributed by atoms with Crippen LogP contribution in [0.1, 0.15) is 11.4 Å². The molecule has 0 spiro atoms. The van der Waals surface area contributed by atoms with Crippen molar-refractivity contribution in [1.82, 2.24) is 10.1 Å². The number of halogens is 1. The Balaban J connectivity index is 1.83. The SMILES string of the molecule is N#Cc1ccc(-c2nc(CS(=O)(=O)c3ccc(Cl)cc3)no2)cc1. The lowest BCUT2D eigenvalue weighted by atomic mass is 10.1. The summed E-state index contributed by atoms with van der Waals surface area (Å²) in [4.78, 5) is 4.23. The Labute approximate surface area is 143 Å². The molecule has 0 radical (unpaired) electrons. The summed E-state index contributed by atoms with van der Waals surface area (Å²) in [5.74, 6) is -0.126. The van der Waals surface area contributed by atoms with Gasteiger partial charge in [0.15, 0.2) is 15.7 Å². The minimum Gasteiger partial charge on any atom is -0.334 e. The van der Waals surface area contributed by atoms with Gasteiger partial charge in [0.1, 0.15) is 5.75 Å². The molecule has 6 nitrogen and oxygen atoms in total. The average Bonchev–Trinajstić information content (AvgIpc) is 3.03. The third kappa shape index (κ3) is 3.45. The van der Waals surface area contributed by atoms with Gasteiger partial charge in [-0.1, -0.05) is 16.8 Å². The number of benzene rings is 2. The highest BCUT2D eigenvalue weighted by Crippen LogP contribution is 2.21. The summed E-state index contributed by atoms with van der Waals surface area (Å²) in [5.41, 5.74) is 1.11. The molecule has 0 N–H and O–H groups in total. The van der Waals surface area contributed by atoms with E-state index in [1.165, 1.54) is 24.3 Å². The number of rotatable bonds is 4. The lowest BCUT2D eigenvalue weighted by molar-refractivity contribution is 0.424. The molecule has 0 saturated heterocycles. The fraction of sp³-hybridized carbons (Fsp3) is 0.0625. The Morgan fingerprint density at radius 1 is 1.08 bits per heavy atom. The van der Waals surface area contributed by atoms with E-state index in [0.717, 1.165) is 0 Å². The molecule has 0 aliphatic rings. The van der Waals surface area contributed by atoms with E-state index in [4.69, 9.17) is 21.4 Å². The summed E-state index contributed by atoms with van der Waals surface area (Å²) in [7, 11) is -3.60.